The maximum absolute atomic E-state index is 12.8. The summed E-state index contributed by atoms with van der Waals surface area (Å²) in [5.74, 6) is -0.804. The molecule has 0 saturated carbocycles. The molecule has 1 aliphatic heterocycles. The first-order valence-electron chi connectivity index (χ1n) is 24.3. The lowest BCUT2D eigenvalue weighted by atomic mass is 9.99. The van der Waals surface area contributed by atoms with Crippen molar-refractivity contribution >= 4 is 11.9 Å². The van der Waals surface area contributed by atoms with E-state index in [1.54, 1.807) is 0 Å². The Kier molecular flexibility index (Phi) is 37.2. The monoisotopic (exact) mass is 827 g/mol. The van der Waals surface area contributed by atoms with Gasteiger partial charge in [0.25, 0.3) is 0 Å². The third-order valence-electron chi connectivity index (χ3n) is 11.4. The number of hydrogen-bond acceptors (Lipinski definition) is 10. The van der Waals surface area contributed by atoms with E-state index < -0.39 is 49.4 Å². The summed E-state index contributed by atoms with van der Waals surface area (Å²) >= 11 is 0. The SMILES string of the molecule is CCCCCCCC/C=C\CCCCCCCC(=O)OC(COC(=O)CCCCCCCCCCCCCCCCCCCC)COC1OC(CO)C(O)C(O)C1O. The van der Waals surface area contributed by atoms with Crippen LogP contribution in [-0.2, 0) is 28.5 Å². The molecular weight excluding hydrogens is 737 g/mol. The molecule has 58 heavy (non-hydrogen) atoms. The summed E-state index contributed by atoms with van der Waals surface area (Å²) in [6.45, 7) is 3.44. The number of rotatable bonds is 41. The highest BCUT2D eigenvalue weighted by molar-refractivity contribution is 5.70. The topological polar surface area (TPSA) is 152 Å². The van der Waals surface area contributed by atoms with Crippen LogP contribution in [0.5, 0.6) is 0 Å². The number of hydrogen-bond donors (Lipinski definition) is 4. The second-order valence-electron chi connectivity index (χ2n) is 16.9. The van der Waals surface area contributed by atoms with E-state index in [0.717, 1.165) is 51.4 Å². The summed E-state index contributed by atoms with van der Waals surface area (Å²) in [5.41, 5.74) is 0. The summed E-state index contributed by atoms with van der Waals surface area (Å²) < 4.78 is 22.2. The molecule has 4 N–H and O–H groups in total. The number of ether oxygens (including phenoxy) is 4. The zero-order valence-electron chi connectivity index (χ0n) is 37.3. The molecular formula is C48H90O10. The Hall–Kier alpha value is -1.56. The smallest absolute Gasteiger partial charge is 0.306 e. The Labute approximate surface area is 354 Å². The van der Waals surface area contributed by atoms with E-state index in [1.165, 1.54) is 141 Å². The number of carbonyl (C=O) groups excluding carboxylic acids is 2. The molecule has 0 amide bonds. The van der Waals surface area contributed by atoms with E-state index in [2.05, 4.69) is 26.0 Å². The van der Waals surface area contributed by atoms with Gasteiger partial charge in [-0.25, -0.2) is 0 Å². The summed E-state index contributed by atoms with van der Waals surface area (Å²) in [7, 11) is 0. The molecule has 1 rings (SSSR count). The van der Waals surface area contributed by atoms with Gasteiger partial charge in [0, 0.05) is 12.8 Å². The maximum atomic E-state index is 12.8. The summed E-state index contributed by atoms with van der Waals surface area (Å²) in [4.78, 5) is 25.4. The normalized spacial score (nSPS) is 20.1. The van der Waals surface area contributed by atoms with Crippen LogP contribution < -0.4 is 0 Å². The number of esters is 2. The van der Waals surface area contributed by atoms with Gasteiger partial charge in [0.1, 0.15) is 31.0 Å². The van der Waals surface area contributed by atoms with Crippen LogP contribution in [0.1, 0.15) is 226 Å². The van der Waals surface area contributed by atoms with Gasteiger partial charge >= 0.3 is 11.9 Å². The Morgan fingerprint density at radius 2 is 0.914 bits per heavy atom. The van der Waals surface area contributed by atoms with Gasteiger partial charge < -0.3 is 39.4 Å². The molecule has 0 aromatic heterocycles. The molecule has 6 atom stereocenters. The van der Waals surface area contributed by atoms with Gasteiger partial charge in [-0.3, -0.25) is 9.59 Å². The lowest BCUT2D eigenvalue weighted by Crippen LogP contribution is -2.59. The van der Waals surface area contributed by atoms with E-state index in [1.807, 2.05) is 0 Å². The molecule has 342 valence electrons. The van der Waals surface area contributed by atoms with E-state index in [9.17, 15) is 30.0 Å². The predicted octanol–water partition coefficient (Wildman–Crippen LogP) is 10.7. The summed E-state index contributed by atoms with van der Waals surface area (Å²) in [6, 6.07) is 0. The van der Waals surface area contributed by atoms with Gasteiger partial charge in [-0.1, -0.05) is 187 Å². The molecule has 0 bridgehead atoms. The highest BCUT2D eigenvalue weighted by atomic mass is 16.7. The number of aliphatic hydroxyl groups is 4. The van der Waals surface area contributed by atoms with Crippen molar-refractivity contribution in [2.24, 2.45) is 0 Å². The minimum atomic E-state index is -1.59. The number of carbonyl (C=O) groups is 2. The van der Waals surface area contributed by atoms with Crippen molar-refractivity contribution in [3.63, 3.8) is 0 Å². The third kappa shape index (κ3) is 30.5. The molecule has 10 heteroatoms. The zero-order chi connectivity index (χ0) is 42.3. The number of allylic oxidation sites excluding steroid dienone is 2. The van der Waals surface area contributed by atoms with Crippen molar-refractivity contribution in [1.29, 1.82) is 0 Å². The minimum Gasteiger partial charge on any atom is -0.462 e. The fourth-order valence-electron chi connectivity index (χ4n) is 7.54. The van der Waals surface area contributed by atoms with Gasteiger partial charge in [-0.2, -0.15) is 0 Å². The second-order valence-corrected chi connectivity index (χ2v) is 16.9. The molecule has 1 fully saturated rings. The number of aliphatic hydroxyl groups excluding tert-OH is 4. The minimum absolute atomic E-state index is 0.215. The lowest BCUT2D eigenvalue weighted by Gasteiger charge is -2.39. The first-order valence-corrected chi connectivity index (χ1v) is 24.3. The van der Waals surface area contributed by atoms with E-state index in [0.29, 0.717) is 6.42 Å². The maximum Gasteiger partial charge on any atom is 0.306 e. The van der Waals surface area contributed by atoms with Gasteiger partial charge in [0.15, 0.2) is 12.4 Å². The molecule has 0 aromatic carbocycles. The highest BCUT2D eigenvalue weighted by Crippen LogP contribution is 2.23. The molecule has 0 aromatic rings. The second kappa shape index (κ2) is 39.6. The van der Waals surface area contributed by atoms with Crippen molar-refractivity contribution < 1.29 is 49.0 Å². The quantitative estimate of drug-likeness (QED) is 0.0266. The van der Waals surface area contributed by atoms with Gasteiger partial charge in [-0.05, 0) is 38.5 Å². The first kappa shape index (κ1) is 54.5. The van der Waals surface area contributed by atoms with Crippen molar-refractivity contribution in [1.82, 2.24) is 0 Å². The standard InChI is InChI=1S/C48H90O10/c1-3-5-7-9-11-13-15-17-19-20-21-23-24-26-28-30-32-34-36-43(50)55-39-41(40-56-48-47(54)46(53)45(52)42(38-49)58-48)57-44(51)37-35-33-31-29-27-25-22-18-16-14-12-10-8-6-4-2/h18,22,41-42,45-49,52-54H,3-17,19-21,23-40H2,1-2H3/b22-18-. The molecule has 0 radical (unpaired) electrons. The van der Waals surface area contributed by atoms with E-state index in [4.69, 9.17) is 18.9 Å². The van der Waals surface area contributed by atoms with Crippen LogP contribution in [-0.4, -0.2) is 89.0 Å². The average molecular weight is 827 g/mol. The lowest BCUT2D eigenvalue weighted by molar-refractivity contribution is -0.305. The Morgan fingerprint density at radius 3 is 1.34 bits per heavy atom. The molecule has 1 heterocycles. The summed E-state index contributed by atoms with van der Waals surface area (Å²) in [6.07, 6.45) is 35.0. The van der Waals surface area contributed by atoms with Crippen molar-refractivity contribution in [2.75, 3.05) is 19.8 Å². The molecule has 0 spiro atoms. The Balaban J connectivity index is 2.28. The van der Waals surface area contributed by atoms with E-state index in [-0.39, 0.29) is 32.0 Å². The van der Waals surface area contributed by atoms with E-state index >= 15 is 0 Å². The molecule has 6 unspecified atom stereocenters. The molecule has 0 aliphatic carbocycles. The third-order valence-corrected chi connectivity index (χ3v) is 11.4. The number of unbranched alkanes of at least 4 members (excludes halogenated alkanes) is 28. The molecule has 1 aliphatic rings. The fourth-order valence-corrected chi connectivity index (χ4v) is 7.54. The summed E-state index contributed by atoms with van der Waals surface area (Å²) in [5, 5.41) is 40.1. The Bertz CT molecular complexity index is 959. The molecule has 10 nitrogen and oxygen atoms in total. The average Bonchev–Trinajstić information content (AvgIpc) is 3.22. The highest BCUT2D eigenvalue weighted by Gasteiger charge is 2.44. The van der Waals surface area contributed by atoms with Crippen LogP contribution in [0.15, 0.2) is 12.2 Å². The van der Waals surface area contributed by atoms with Gasteiger partial charge in [0.2, 0.25) is 0 Å². The van der Waals surface area contributed by atoms with Crippen molar-refractivity contribution in [3.8, 4) is 0 Å². The van der Waals surface area contributed by atoms with Gasteiger partial charge in [0.05, 0.1) is 13.2 Å². The zero-order valence-corrected chi connectivity index (χ0v) is 37.3. The van der Waals surface area contributed by atoms with Crippen molar-refractivity contribution in [3.05, 3.63) is 12.2 Å². The van der Waals surface area contributed by atoms with Crippen LogP contribution in [0.25, 0.3) is 0 Å². The predicted molar refractivity (Wildman–Crippen MR) is 233 cm³/mol. The van der Waals surface area contributed by atoms with Gasteiger partial charge in [-0.15, -0.1) is 0 Å². The van der Waals surface area contributed by atoms with Crippen LogP contribution >= 0.6 is 0 Å². The van der Waals surface area contributed by atoms with Crippen LogP contribution in [0, 0.1) is 0 Å². The fraction of sp³-hybridized carbons (Fsp3) is 0.917. The van der Waals surface area contributed by atoms with Crippen LogP contribution in [0.2, 0.25) is 0 Å². The Morgan fingerprint density at radius 1 is 0.517 bits per heavy atom. The van der Waals surface area contributed by atoms with Crippen molar-refractivity contribution in [2.45, 2.75) is 263 Å². The van der Waals surface area contributed by atoms with Crippen LogP contribution in [0.4, 0.5) is 0 Å². The van der Waals surface area contributed by atoms with Crippen LogP contribution in [0.3, 0.4) is 0 Å². The largest absolute Gasteiger partial charge is 0.462 e. The molecule has 1 saturated heterocycles. The first-order chi connectivity index (χ1) is 28.3.